The number of anilines is 2. The summed E-state index contributed by atoms with van der Waals surface area (Å²) in [5.41, 5.74) is 1.39. The van der Waals surface area contributed by atoms with Gasteiger partial charge >= 0.3 is 0 Å². The fraction of sp³-hybridized carbons (Fsp3) is 0.562. The standard InChI is InChI=1S/C16H21FN2O2/c1-2-10-4-3-6-19(7-5-10)14-9-13-11(8-12(14)17)15(20)16(21)18-13/h8-10,15,20H,2-7H2,1H3,(H,18,21). The van der Waals surface area contributed by atoms with Crippen LogP contribution in [-0.2, 0) is 4.79 Å². The third-order valence-corrected chi connectivity index (χ3v) is 4.69. The molecule has 0 bridgehead atoms. The smallest absolute Gasteiger partial charge is 0.257 e. The van der Waals surface area contributed by atoms with Crippen molar-refractivity contribution in [1.29, 1.82) is 0 Å². The van der Waals surface area contributed by atoms with E-state index in [4.69, 9.17) is 0 Å². The normalized spacial score (nSPS) is 25.5. The van der Waals surface area contributed by atoms with Gasteiger partial charge in [-0.1, -0.05) is 13.3 Å². The molecule has 21 heavy (non-hydrogen) atoms. The van der Waals surface area contributed by atoms with Crippen molar-refractivity contribution in [2.24, 2.45) is 5.92 Å². The van der Waals surface area contributed by atoms with Crippen LogP contribution in [0.25, 0.3) is 0 Å². The summed E-state index contributed by atoms with van der Waals surface area (Å²) in [5, 5.41) is 12.3. The van der Waals surface area contributed by atoms with E-state index >= 15 is 0 Å². The second-order valence-corrected chi connectivity index (χ2v) is 5.97. The SMILES string of the molecule is CCC1CCCN(c2cc3c(cc2F)C(O)C(=O)N3)CC1. The van der Waals surface area contributed by atoms with Crippen molar-refractivity contribution in [1.82, 2.24) is 0 Å². The van der Waals surface area contributed by atoms with Crippen LogP contribution in [0.3, 0.4) is 0 Å². The Bertz CT molecular complexity index is 561. The van der Waals surface area contributed by atoms with Crippen molar-refractivity contribution >= 4 is 17.3 Å². The second-order valence-electron chi connectivity index (χ2n) is 5.97. The summed E-state index contributed by atoms with van der Waals surface area (Å²) in [5.74, 6) is -0.128. The first-order valence-electron chi connectivity index (χ1n) is 7.67. The number of rotatable bonds is 2. The molecule has 3 rings (SSSR count). The summed E-state index contributed by atoms with van der Waals surface area (Å²) in [6, 6.07) is 2.94. The number of amides is 1. The molecule has 1 saturated heterocycles. The molecule has 0 aliphatic carbocycles. The van der Waals surface area contributed by atoms with Gasteiger partial charge in [-0.25, -0.2) is 4.39 Å². The predicted octanol–water partition coefficient (Wildman–Crippen LogP) is 2.83. The lowest BCUT2D eigenvalue weighted by atomic mass is 9.98. The van der Waals surface area contributed by atoms with Gasteiger partial charge in [0.2, 0.25) is 0 Å². The molecule has 114 valence electrons. The van der Waals surface area contributed by atoms with Crippen molar-refractivity contribution in [2.45, 2.75) is 38.7 Å². The molecule has 2 aliphatic heterocycles. The third kappa shape index (κ3) is 2.62. The zero-order valence-electron chi connectivity index (χ0n) is 12.2. The van der Waals surface area contributed by atoms with Gasteiger partial charge in [0.15, 0.2) is 6.10 Å². The van der Waals surface area contributed by atoms with Crippen LogP contribution >= 0.6 is 0 Å². The topological polar surface area (TPSA) is 52.6 Å². The van der Waals surface area contributed by atoms with Crippen LogP contribution < -0.4 is 10.2 Å². The molecule has 5 heteroatoms. The van der Waals surface area contributed by atoms with E-state index < -0.39 is 12.0 Å². The lowest BCUT2D eigenvalue weighted by molar-refractivity contribution is -0.123. The largest absolute Gasteiger partial charge is 0.378 e. The molecule has 2 heterocycles. The van der Waals surface area contributed by atoms with Gasteiger partial charge in [0.05, 0.1) is 5.69 Å². The van der Waals surface area contributed by atoms with E-state index in [-0.39, 0.29) is 5.82 Å². The maximum Gasteiger partial charge on any atom is 0.257 e. The van der Waals surface area contributed by atoms with Gasteiger partial charge in [-0.3, -0.25) is 4.79 Å². The van der Waals surface area contributed by atoms with Crippen molar-refractivity contribution < 1.29 is 14.3 Å². The number of carbonyl (C=O) groups is 1. The molecule has 2 unspecified atom stereocenters. The quantitative estimate of drug-likeness (QED) is 0.881. The van der Waals surface area contributed by atoms with Crippen LogP contribution in [0.1, 0.15) is 44.3 Å². The first-order valence-corrected chi connectivity index (χ1v) is 7.67. The van der Waals surface area contributed by atoms with Crippen LogP contribution in [0.4, 0.5) is 15.8 Å². The highest BCUT2D eigenvalue weighted by atomic mass is 19.1. The summed E-state index contributed by atoms with van der Waals surface area (Å²) >= 11 is 0. The number of aliphatic hydroxyl groups excluding tert-OH is 1. The minimum atomic E-state index is -1.25. The maximum absolute atomic E-state index is 14.3. The number of nitrogens with one attached hydrogen (secondary N) is 1. The van der Waals surface area contributed by atoms with Gasteiger partial charge in [-0.2, -0.15) is 0 Å². The van der Waals surface area contributed by atoms with E-state index in [1.165, 1.54) is 18.9 Å². The Morgan fingerprint density at radius 2 is 2.19 bits per heavy atom. The zero-order chi connectivity index (χ0) is 15.0. The average molecular weight is 292 g/mol. The fourth-order valence-electron chi connectivity index (χ4n) is 3.31. The van der Waals surface area contributed by atoms with E-state index in [0.717, 1.165) is 25.9 Å². The van der Waals surface area contributed by atoms with Crippen LogP contribution in [0.5, 0.6) is 0 Å². The van der Waals surface area contributed by atoms with Crippen LogP contribution in [-0.4, -0.2) is 24.1 Å². The Morgan fingerprint density at radius 1 is 1.38 bits per heavy atom. The maximum atomic E-state index is 14.3. The summed E-state index contributed by atoms with van der Waals surface area (Å²) in [4.78, 5) is 13.5. The van der Waals surface area contributed by atoms with Crippen molar-refractivity contribution in [3.8, 4) is 0 Å². The van der Waals surface area contributed by atoms with Gasteiger partial charge in [0.1, 0.15) is 5.82 Å². The Kier molecular flexibility index (Phi) is 3.85. The molecular formula is C16H21FN2O2. The molecule has 2 atom stereocenters. The first-order chi connectivity index (χ1) is 10.1. The highest BCUT2D eigenvalue weighted by Gasteiger charge is 2.31. The van der Waals surface area contributed by atoms with Crippen LogP contribution in [0.2, 0.25) is 0 Å². The second kappa shape index (κ2) is 5.64. The number of nitrogens with zero attached hydrogens (tertiary/aromatic N) is 1. The summed E-state index contributed by atoms with van der Waals surface area (Å²) in [7, 11) is 0. The van der Waals surface area contributed by atoms with Crippen LogP contribution in [0, 0.1) is 11.7 Å². The van der Waals surface area contributed by atoms with Gasteiger partial charge in [-0.15, -0.1) is 0 Å². The van der Waals surface area contributed by atoms with Crippen molar-refractivity contribution in [3.63, 3.8) is 0 Å². The molecule has 2 aliphatic rings. The Labute approximate surface area is 124 Å². The van der Waals surface area contributed by atoms with E-state index in [9.17, 15) is 14.3 Å². The highest BCUT2D eigenvalue weighted by molar-refractivity contribution is 6.02. The number of carbonyl (C=O) groups excluding carboxylic acids is 1. The molecule has 1 fully saturated rings. The average Bonchev–Trinajstić information content (AvgIpc) is 2.68. The molecule has 1 amide bonds. The number of fused-ring (bicyclic) bond motifs is 1. The Morgan fingerprint density at radius 3 is 2.95 bits per heavy atom. The van der Waals surface area contributed by atoms with E-state index in [1.54, 1.807) is 6.07 Å². The molecule has 2 N–H and O–H groups in total. The predicted molar refractivity (Wildman–Crippen MR) is 79.8 cm³/mol. The van der Waals surface area contributed by atoms with Gasteiger partial charge < -0.3 is 15.3 Å². The number of hydrogen-bond acceptors (Lipinski definition) is 3. The van der Waals surface area contributed by atoms with Crippen LogP contribution in [0.15, 0.2) is 12.1 Å². The monoisotopic (exact) mass is 292 g/mol. The molecule has 0 radical (unpaired) electrons. The molecule has 1 aromatic carbocycles. The molecule has 1 aromatic rings. The summed E-state index contributed by atoms with van der Waals surface area (Å²) < 4.78 is 14.3. The summed E-state index contributed by atoms with van der Waals surface area (Å²) in [6.07, 6.45) is 3.24. The highest BCUT2D eigenvalue weighted by Crippen LogP contribution is 2.36. The number of benzene rings is 1. The van der Waals surface area contributed by atoms with Crippen molar-refractivity contribution in [3.05, 3.63) is 23.5 Å². The Balaban J connectivity index is 1.86. The van der Waals surface area contributed by atoms with Gasteiger partial charge in [-0.05, 0) is 37.3 Å². The molecule has 0 saturated carbocycles. The molecule has 0 aromatic heterocycles. The molecule has 0 spiro atoms. The number of aliphatic hydroxyl groups is 1. The minimum Gasteiger partial charge on any atom is -0.378 e. The lowest BCUT2D eigenvalue weighted by Crippen LogP contribution is -2.25. The zero-order valence-corrected chi connectivity index (χ0v) is 12.2. The molecular weight excluding hydrogens is 271 g/mol. The van der Waals surface area contributed by atoms with Crippen molar-refractivity contribution in [2.75, 3.05) is 23.3 Å². The van der Waals surface area contributed by atoms with Gasteiger partial charge in [0.25, 0.3) is 5.91 Å². The fourth-order valence-corrected chi connectivity index (χ4v) is 3.31. The third-order valence-electron chi connectivity index (χ3n) is 4.69. The van der Waals surface area contributed by atoms with E-state index in [2.05, 4.69) is 17.1 Å². The number of hydrogen-bond donors (Lipinski definition) is 2. The summed E-state index contributed by atoms with van der Waals surface area (Å²) in [6.45, 7) is 3.88. The Hall–Kier alpha value is -1.62. The number of halogens is 1. The first kappa shape index (κ1) is 14.3. The molecule has 4 nitrogen and oxygen atoms in total. The van der Waals surface area contributed by atoms with E-state index in [1.807, 2.05) is 0 Å². The van der Waals surface area contributed by atoms with E-state index in [0.29, 0.717) is 22.9 Å². The lowest BCUT2D eigenvalue weighted by Gasteiger charge is -2.24. The van der Waals surface area contributed by atoms with Gasteiger partial charge in [0, 0.05) is 24.3 Å². The minimum absolute atomic E-state index is 0.336.